The van der Waals surface area contributed by atoms with Crippen LogP contribution in [0.25, 0.3) is 0 Å². The minimum atomic E-state index is -3.38. The topological polar surface area (TPSA) is 66.5 Å². The van der Waals surface area contributed by atoms with Crippen LogP contribution in [0.3, 0.4) is 0 Å². The van der Waals surface area contributed by atoms with E-state index in [4.69, 9.17) is 0 Å². The summed E-state index contributed by atoms with van der Waals surface area (Å²) in [5.41, 5.74) is 0.451. The molecule has 7 heteroatoms. The van der Waals surface area contributed by atoms with E-state index in [2.05, 4.69) is 5.32 Å². The highest BCUT2D eigenvalue weighted by molar-refractivity contribution is 7.88. The van der Waals surface area contributed by atoms with E-state index >= 15 is 0 Å². The van der Waals surface area contributed by atoms with Crippen LogP contribution < -0.4 is 5.32 Å². The molecule has 1 atom stereocenters. The molecule has 1 heterocycles. The third-order valence-electron chi connectivity index (χ3n) is 3.04. The van der Waals surface area contributed by atoms with Gasteiger partial charge in [0.25, 0.3) is 0 Å². The van der Waals surface area contributed by atoms with Crippen molar-refractivity contribution in [2.75, 3.05) is 18.1 Å². The summed E-state index contributed by atoms with van der Waals surface area (Å²) in [6.45, 7) is 0.361. The molecule has 1 saturated heterocycles. The van der Waals surface area contributed by atoms with Gasteiger partial charge in [-0.25, -0.2) is 12.8 Å². The van der Waals surface area contributed by atoms with E-state index < -0.39 is 21.9 Å². The van der Waals surface area contributed by atoms with Crippen LogP contribution in [0.1, 0.15) is 12.8 Å². The van der Waals surface area contributed by atoms with E-state index in [1.54, 1.807) is 0 Å². The molecule has 1 aliphatic heterocycles. The van der Waals surface area contributed by atoms with Gasteiger partial charge in [-0.15, -0.1) is 0 Å². The largest absolute Gasteiger partial charge is 0.325 e. The number of amides is 1. The summed E-state index contributed by atoms with van der Waals surface area (Å²) < 4.78 is 37.0. The van der Waals surface area contributed by atoms with Crippen LogP contribution in [0.15, 0.2) is 24.3 Å². The molecule has 0 saturated carbocycles. The lowest BCUT2D eigenvalue weighted by Crippen LogP contribution is -2.42. The Balaban J connectivity index is 2.09. The zero-order valence-electron chi connectivity index (χ0n) is 10.5. The summed E-state index contributed by atoms with van der Waals surface area (Å²) in [7, 11) is -3.38. The van der Waals surface area contributed by atoms with Gasteiger partial charge in [0.15, 0.2) is 0 Å². The Bertz CT molecular complexity index is 571. The number of nitrogens with one attached hydrogen (secondary N) is 1. The number of rotatable bonds is 3. The minimum Gasteiger partial charge on any atom is -0.325 e. The van der Waals surface area contributed by atoms with Crippen molar-refractivity contribution in [3.63, 3.8) is 0 Å². The molecule has 5 nitrogen and oxygen atoms in total. The molecular formula is C12H15FN2O3S. The van der Waals surface area contributed by atoms with Crippen LogP contribution in [0.5, 0.6) is 0 Å². The van der Waals surface area contributed by atoms with Gasteiger partial charge in [0.1, 0.15) is 11.9 Å². The molecule has 1 aromatic carbocycles. The first-order valence-corrected chi connectivity index (χ1v) is 7.76. The lowest BCUT2D eigenvalue weighted by atomic mass is 10.2. The van der Waals surface area contributed by atoms with Crippen LogP contribution in [-0.2, 0) is 14.8 Å². The van der Waals surface area contributed by atoms with Crippen molar-refractivity contribution in [3.05, 3.63) is 30.1 Å². The fraction of sp³-hybridized carbons (Fsp3) is 0.417. The van der Waals surface area contributed by atoms with E-state index in [1.165, 1.54) is 28.6 Å². The number of carbonyl (C=O) groups is 1. The van der Waals surface area contributed by atoms with Crippen molar-refractivity contribution < 1.29 is 17.6 Å². The molecule has 1 N–H and O–H groups in total. The summed E-state index contributed by atoms with van der Waals surface area (Å²) in [6.07, 6.45) is 2.26. The lowest BCUT2D eigenvalue weighted by Gasteiger charge is -2.21. The number of sulfonamides is 1. The Morgan fingerprint density at radius 3 is 2.58 bits per heavy atom. The monoisotopic (exact) mass is 286 g/mol. The summed E-state index contributed by atoms with van der Waals surface area (Å²) in [5.74, 6) is -0.772. The second-order valence-corrected chi connectivity index (χ2v) is 6.46. The van der Waals surface area contributed by atoms with E-state index in [0.29, 0.717) is 25.1 Å². The van der Waals surface area contributed by atoms with Gasteiger partial charge in [-0.05, 0) is 37.1 Å². The number of hydrogen-bond acceptors (Lipinski definition) is 3. The van der Waals surface area contributed by atoms with Crippen LogP contribution >= 0.6 is 0 Å². The van der Waals surface area contributed by atoms with Crippen LogP contribution in [-0.4, -0.2) is 37.5 Å². The highest BCUT2D eigenvalue weighted by Gasteiger charge is 2.36. The molecular weight excluding hydrogens is 271 g/mol. The first kappa shape index (κ1) is 14.0. The molecule has 0 unspecified atom stereocenters. The number of anilines is 1. The number of carbonyl (C=O) groups excluding carboxylic acids is 1. The maximum absolute atomic E-state index is 12.7. The number of halogens is 1. The van der Waals surface area contributed by atoms with E-state index in [1.807, 2.05) is 0 Å². The third-order valence-corrected chi connectivity index (χ3v) is 4.33. The van der Waals surface area contributed by atoms with E-state index in [0.717, 1.165) is 6.26 Å². The Kier molecular flexibility index (Phi) is 3.86. The molecule has 104 valence electrons. The van der Waals surface area contributed by atoms with Gasteiger partial charge in [0.2, 0.25) is 15.9 Å². The van der Waals surface area contributed by atoms with Gasteiger partial charge in [0.05, 0.1) is 6.26 Å². The lowest BCUT2D eigenvalue weighted by molar-refractivity contribution is -0.119. The molecule has 0 spiro atoms. The smallest absolute Gasteiger partial charge is 0.242 e. The average Bonchev–Trinajstić information content (AvgIpc) is 2.81. The fourth-order valence-electron chi connectivity index (χ4n) is 2.16. The van der Waals surface area contributed by atoms with Gasteiger partial charge in [0, 0.05) is 12.2 Å². The quantitative estimate of drug-likeness (QED) is 0.907. The van der Waals surface area contributed by atoms with Crippen molar-refractivity contribution in [1.82, 2.24) is 4.31 Å². The van der Waals surface area contributed by atoms with E-state index in [-0.39, 0.29) is 5.91 Å². The van der Waals surface area contributed by atoms with Gasteiger partial charge in [-0.2, -0.15) is 4.31 Å². The second-order valence-electron chi connectivity index (χ2n) is 4.53. The maximum atomic E-state index is 12.7. The summed E-state index contributed by atoms with van der Waals surface area (Å²) in [5, 5.41) is 2.60. The van der Waals surface area contributed by atoms with Crippen molar-refractivity contribution >= 4 is 21.6 Å². The zero-order valence-corrected chi connectivity index (χ0v) is 11.3. The van der Waals surface area contributed by atoms with Crippen molar-refractivity contribution in [1.29, 1.82) is 0 Å². The van der Waals surface area contributed by atoms with Crippen LogP contribution in [0, 0.1) is 5.82 Å². The van der Waals surface area contributed by atoms with Crippen LogP contribution in [0.2, 0.25) is 0 Å². The second kappa shape index (κ2) is 5.26. The first-order chi connectivity index (χ1) is 8.88. The molecule has 0 aliphatic carbocycles. The Morgan fingerprint density at radius 2 is 2.00 bits per heavy atom. The Labute approximate surface area is 111 Å². The standard InChI is InChI=1S/C12H15FN2O3S/c1-19(17,18)15-8-2-3-11(15)12(16)14-10-6-4-9(13)5-7-10/h4-7,11H,2-3,8H2,1H3,(H,14,16)/t11-/m1/s1. The van der Waals surface area contributed by atoms with Crippen molar-refractivity contribution in [2.45, 2.75) is 18.9 Å². The van der Waals surface area contributed by atoms with Gasteiger partial charge >= 0.3 is 0 Å². The predicted molar refractivity (Wildman–Crippen MR) is 69.6 cm³/mol. The highest BCUT2D eigenvalue weighted by Crippen LogP contribution is 2.21. The third kappa shape index (κ3) is 3.30. The molecule has 1 aromatic rings. The van der Waals surface area contributed by atoms with E-state index in [9.17, 15) is 17.6 Å². The summed E-state index contributed by atoms with van der Waals surface area (Å²) in [6, 6.07) is 4.66. The molecule has 2 rings (SSSR count). The highest BCUT2D eigenvalue weighted by atomic mass is 32.2. The number of nitrogens with zero attached hydrogens (tertiary/aromatic N) is 1. The Morgan fingerprint density at radius 1 is 1.37 bits per heavy atom. The Hall–Kier alpha value is -1.47. The number of hydrogen-bond donors (Lipinski definition) is 1. The average molecular weight is 286 g/mol. The normalized spacial score (nSPS) is 20.4. The molecule has 0 aromatic heterocycles. The summed E-state index contributed by atoms with van der Waals surface area (Å²) in [4.78, 5) is 12.0. The van der Waals surface area contributed by atoms with Crippen LogP contribution in [0.4, 0.5) is 10.1 Å². The first-order valence-electron chi connectivity index (χ1n) is 5.91. The van der Waals surface area contributed by atoms with Crippen molar-refractivity contribution in [2.24, 2.45) is 0 Å². The van der Waals surface area contributed by atoms with Crippen molar-refractivity contribution in [3.8, 4) is 0 Å². The van der Waals surface area contributed by atoms with Gasteiger partial charge in [-0.1, -0.05) is 0 Å². The molecule has 0 bridgehead atoms. The fourth-order valence-corrected chi connectivity index (χ4v) is 3.28. The molecule has 0 radical (unpaired) electrons. The SMILES string of the molecule is CS(=O)(=O)N1CCC[C@@H]1C(=O)Nc1ccc(F)cc1. The van der Waals surface area contributed by atoms with Gasteiger partial charge < -0.3 is 5.32 Å². The molecule has 19 heavy (non-hydrogen) atoms. The maximum Gasteiger partial charge on any atom is 0.242 e. The molecule has 1 amide bonds. The molecule has 1 fully saturated rings. The predicted octanol–water partition coefficient (Wildman–Crippen LogP) is 1.19. The van der Waals surface area contributed by atoms with Gasteiger partial charge in [-0.3, -0.25) is 4.79 Å². The molecule has 1 aliphatic rings. The number of benzene rings is 1. The summed E-state index contributed by atoms with van der Waals surface area (Å²) >= 11 is 0. The zero-order chi connectivity index (χ0) is 14.0. The minimum absolute atomic E-state index is 0.361.